The maximum Gasteiger partial charge on any atom is 0.416 e. The van der Waals surface area contributed by atoms with E-state index < -0.39 is 18.0 Å². The molecule has 0 spiro atoms. The van der Waals surface area contributed by atoms with Crippen molar-refractivity contribution in [1.29, 1.82) is 0 Å². The van der Waals surface area contributed by atoms with Crippen molar-refractivity contribution in [1.82, 2.24) is 9.55 Å². The number of hydrogen-bond acceptors (Lipinski definition) is 5. The number of halogens is 3. The predicted octanol–water partition coefficient (Wildman–Crippen LogP) is 4.19. The van der Waals surface area contributed by atoms with Gasteiger partial charge in [-0.25, -0.2) is 4.98 Å². The number of imidazole rings is 1. The molecule has 0 bridgehead atoms. The van der Waals surface area contributed by atoms with Crippen molar-refractivity contribution < 1.29 is 27.8 Å². The van der Waals surface area contributed by atoms with Gasteiger partial charge in [0.25, 0.3) is 0 Å². The van der Waals surface area contributed by atoms with Gasteiger partial charge in [0.1, 0.15) is 5.82 Å². The number of methoxy groups -OCH3 is 1. The van der Waals surface area contributed by atoms with E-state index in [-0.39, 0.29) is 12.1 Å². The number of rotatable bonds is 5. The molecular weight excluding hydrogens is 423 g/mol. The summed E-state index contributed by atoms with van der Waals surface area (Å²) in [5, 5.41) is 10.5. The van der Waals surface area contributed by atoms with Crippen molar-refractivity contribution in [3.05, 3.63) is 58.4 Å². The lowest BCUT2D eigenvalue weighted by molar-refractivity contribution is -0.138. The molecule has 32 heavy (non-hydrogen) atoms. The Bertz CT molecular complexity index is 1120. The molecule has 1 fully saturated rings. The van der Waals surface area contributed by atoms with E-state index in [1.165, 1.54) is 20.1 Å². The minimum Gasteiger partial charge on any atom is -0.378 e. The lowest BCUT2D eigenvalue weighted by Gasteiger charge is -2.29. The van der Waals surface area contributed by atoms with E-state index in [1.54, 1.807) is 13.0 Å². The lowest BCUT2D eigenvalue weighted by atomic mass is 10.0. The van der Waals surface area contributed by atoms with Crippen LogP contribution in [-0.2, 0) is 22.2 Å². The largest absolute Gasteiger partial charge is 0.416 e. The van der Waals surface area contributed by atoms with Crippen molar-refractivity contribution in [2.24, 2.45) is 0 Å². The van der Waals surface area contributed by atoms with Gasteiger partial charge < -0.3 is 24.0 Å². The summed E-state index contributed by atoms with van der Waals surface area (Å²) in [6.45, 7) is 6.13. The Kier molecular flexibility index (Phi) is 6.15. The fraction of sp³-hybridized carbons (Fsp3) is 0.435. The van der Waals surface area contributed by atoms with Gasteiger partial charge in [0, 0.05) is 38.0 Å². The topological polar surface area (TPSA) is 59.8 Å². The minimum atomic E-state index is -4.41. The second-order valence-electron chi connectivity index (χ2n) is 7.92. The van der Waals surface area contributed by atoms with Gasteiger partial charge >= 0.3 is 6.18 Å². The molecular formula is C23H26F3N3O3. The maximum atomic E-state index is 13.4. The number of aliphatic hydroxyl groups is 1. The van der Waals surface area contributed by atoms with Crippen LogP contribution in [0.1, 0.15) is 34.4 Å². The number of ether oxygens (including phenoxy) is 2. The van der Waals surface area contributed by atoms with Gasteiger partial charge in [0.05, 0.1) is 29.8 Å². The molecule has 172 valence electrons. The monoisotopic (exact) mass is 449 g/mol. The molecule has 9 heteroatoms. The van der Waals surface area contributed by atoms with Crippen LogP contribution in [0.4, 0.5) is 18.9 Å². The molecule has 2 heterocycles. The first-order valence-corrected chi connectivity index (χ1v) is 10.4. The molecule has 0 amide bonds. The van der Waals surface area contributed by atoms with E-state index >= 15 is 0 Å². The molecule has 1 aromatic heterocycles. The third-order valence-electron chi connectivity index (χ3n) is 6.00. The number of aliphatic hydroxyl groups excluding tert-OH is 1. The second-order valence-corrected chi connectivity index (χ2v) is 7.92. The third-order valence-corrected chi connectivity index (χ3v) is 6.00. The van der Waals surface area contributed by atoms with Crippen LogP contribution >= 0.6 is 0 Å². The Labute approximate surface area is 184 Å². The van der Waals surface area contributed by atoms with E-state index in [4.69, 9.17) is 9.47 Å². The highest BCUT2D eigenvalue weighted by atomic mass is 19.4. The van der Waals surface area contributed by atoms with Crippen LogP contribution in [0.3, 0.4) is 0 Å². The van der Waals surface area contributed by atoms with E-state index in [1.807, 2.05) is 16.7 Å². The van der Waals surface area contributed by atoms with Crippen LogP contribution in [0.2, 0.25) is 0 Å². The number of morpholine rings is 1. The van der Waals surface area contributed by atoms with E-state index in [9.17, 15) is 18.3 Å². The number of benzene rings is 2. The molecule has 2 aromatic carbocycles. The van der Waals surface area contributed by atoms with E-state index in [0.717, 1.165) is 17.3 Å². The summed E-state index contributed by atoms with van der Waals surface area (Å²) >= 11 is 0. The van der Waals surface area contributed by atoms with Crippen LogP contribution in [-0.4, -0.2) is 48.1 Å². The van der Waals surface area contributed by atoms with Crippen molar-refractivity contribution in [3.8, 4) is 0 Å². The first-order valence-electron chi connectivity index (χ1n) is 10.4. The molecule has 1 atom stereocenters. The van der Waals surface area contributed by atoms with Crippen LogP contribution < -0.4 is 4.90 Å². The molecule has 1 aliphatic heterocycles. The van der Waals surface area contributed by atoms with Gasteiger partial charge in [0.2, 0.25) is 0 Å². The van der Waals surface area contributed by atoms with Crippen LogP contribution in [0.15, 0.2) is 30.3 Å². The highest BCUT2D eigenvalue weighted by molar-refractivity contribution is 5.84. The first-order chi connectivity index (χ1) is 15.2. The van der Waals surface area contributed by atoms with Crippen LogP contribution in [0.25, 0.3) is 11.0 Å². The quantitative estimate of drug-likeness (QED) is 0.592. The summed E-state index contributed by atoms with van der Waals surface area (Å²) in [4.78, 5) is 6.77. The number of alkyl halides is 3. The first kappa shape index (κ1) is 22.6. The smallest absolute Gasteiger partial charge is 0.378 e. The van der Waals surface area contributed by atoms with Gasteiger partial charge in [-0.1, -0.05) is 12.1 Å². The Morgan fingerprint density at radius 2 is 1.91 bits per heavy atom. The zero-order valence-corrected chi connectivity index (χ0v) is 18.2. The van der Waals surface area contributed by atoms with Crippen molar-refractivity contribution in [3.63, 3.8) is 0 Å². The lowest BCUT2D eigenvalue weighted by Crippen LogP contribution is -2.36. The summed E-state index contributed by atoms with van der Waals surface area (Å²) in [5.41, 5.74) is 2.83. The average molecular weight is 449 g/mol. The zero-order valence-electron chi connectivity index (χ0n) is 18.2. The Morgan fingerprint density at radius 1 is 1.19 bits per heavy atom. The summed E-state index contributed by atoms with van der Waals surface area (Å²) in [6.07, 6.45) is -5.58. The molecule has 1 saturated heterocycles. The number of anilines is 1. The van der Waals surface area contributed by atoms with Gasteiger partial charge in [0.15, 0.2) is 6.29 Å². The van der Waals surface area contributed by atoms with Crippen molar-refractivity contribution in [2.45, 2.75) is 32.9 Å². The predicted molar refractivity (Wildman–Crippen MR) is 115 cm³/mol. The maximum absolute atomic E-state index is 13.4. The number of aromatic nitrogens is 2. The number of nitrogens with zero attached hydrogens (tertiary/aromatic N) is 3. The highest BCUT2D eigenvalue weighted by Gasteiger charge is 2.33. The summed E-state index contributed by atoms with van der Waals surface area (Å²) in [7, 11) is 1.41. The molecule has 0 aliphatic carbocycles. The third kappa shape index (κ3) is 4.20. The van der Waals surface area contributed by atoms with Gasteiger partial charge in [-0.05, 0) is 43.2 Å². The highest BCUT2D eigenvalue weighted by Crippen LogP contribution is 2.35. The average Bonchev–Trinajstić information content (AvgIpc) is 3.08. The standard InChI is InChI=1S/C23H26F3N3O3/c1-14-16(5-4-6-19(14)23(24,25)26)13-29-15(2)27-21-18(22(30)31-3)11-17(12-20(21)29)28-7-9-32-10-8-28/h4-6,11-12,22,30H,7-10,13H2,1-3H3. The van der Waals surface area contributed by atoms with Gasteiger partial charge in [-0.2, -0.15) is 13.2 Å². The van der Waals surface area contributed by atoms with Crippen LogP contribution in [0.5, 0.6) is 0 Å². The van der Waals surface area contributed by atoms with Crippen molar-refractivity contribution in [2.75, 3.05) is 38.3 Å². The molecule has 3 aromatic rings. The molecule has 0 saturated carbocycles. The molecule has 6 nitrogen and oxygen atoms in total. The Balaban J connectivity index is 1.84. The van der Waals surface area contributed by atoms with E-state index in [0.29, 0.717) is 48.8 Å². The second kappa shape index (κ2) is 8.73. The Hall–Kier alpha value is -2.62. The normalized spacial score (nSPS) is 16.0. The molecule has 1 aliphatic rings. The van der Waals surface area contributed by atoms with Gasteiger partial charge in [-0.15, -0.1) is 0 Å². The summed E-state index contributed by atoms with van der Waals surface area (Å²) in [6, 6.07) is 8.05. The number of aryl methyl sites for hydroxylation is 1. The van der Waals surface area contributed by atoms with Gasteiger partial charge in [-0.3, -0.25) is 0 Å². The molecule has 0 radical (unpaired) electrons. The Morgan fingerprint density at radius 3 is 2.56 bits per heavy atom. The zero-order chi connectivity index (χ0) is 23.0. The van der Waals surface area contributed by atoms with E-state index in [2.05, 4.69) is 9.88 Å². The number of fused-ring (bicyclic) bond motifs is 1. The van der Waals surface area contributed by atoms with Crippen molar-refractivity contribution >= 4 is 16.7 Å². The fourth-order valence-corrected chi connectivity index (χ4v) is 4.20. The summed E-state index contributed by atoms with van der Waals surface area (Å²) < 4.78 is 52.7. The fourth-order valence-electron chi connectivity index (χ4n) is 4.20. The van der Waals surface area contributed by atoms with Crippen LogP contribution in [0, 0.1) is 13.8 Å². The molecule has 1 N–H and O–H groups in total. The minimum absolute atomic E-state index is 0.197. The SMILES string of the molecule is COC(O)c1cc(N2CCOCC2)cc2c1nc(C)n2Cc1cccc(C(F)(F)F)c1C. The summed E-state index contributed by atoms with van der Waals surface area (Å²) in [5.74, 6) is 0.639. The molecule has 1 unspecified atom stereocenters. The number of hydrogen-bond donors (Lipinski definition) is 1. The molecule has 4 rings (SSSR count).